The topological polar surface area (TPSA) is 101 Å². The van der Waals surface area contributed by atoms with E-state index in [1.165, 1.54) is 13.2 Å². The van der Waals surface area contributed by atoms with Crippen molar-refractivity contribution in [2.45, 2.75) is 13.8 Å². The summed E-state index contributed by atoms with van der Waals surface area (Å²) in [5.41, 5.74) is -0.585. The van der Waals surface area contributed by atoms with Crippen molar-refractivity contribution in [3.05, 3.63) is 11.2 Å². The molecule has 2 atom stereocenters. The minimum atomic E-state index is -0.986. The van der Waals surface area contributed by atoms with E-state index in [-0.39, 0.29) is 17.0 Å². The number of nitrogens with zero attached hydrogens (tertiary/aromatic N) is 2. The molecule has 1 aromatic rings. The summed E-state index contributed by atoms with van der Waals surface area (Å²) in [4.78, 5) is 30.9. The number of hydrogen-bond acceptors (Lipinski definition) is 5. The Bertz CT molecular complexity index is 576. The van der Waals surface area contributed by atoms with E-state index in [0.717, 1.165) is 0 Å². The van der Waals surface area contributed by atoms with Gasteiger partial charge in [0.2, 0.25) is 17.7 Å². The fourth-order valence-corrected chi connectivity index (χ4v) is 2.51. The Kier molecular flexibility index (Phi) is 3.56. The van der Waals surface area contributed by atoms with Gasteiger partial charge in [-0.2, -0.15) is 4.98 Å². The molecule has 0 saturated heterocycles. The summed E-state index contributed by atoms with van der Waals surface area (Å²) in [6.07, 6.45) is 0. The van der Waals surface area contributed by atoms with E-state index in [4.69, 9.17) is 21.4 Å². The molecule has 1 saturated carbocycles. The minimum Gasteiger partial charge on any atom is -0.481 e. The first-order chi connectivity index (χ1) is 9.27. The number of anilines is 1. The van der Waals surface area contributed by atoms with E-state index >= 15 is 0 Å². The van der Waals surface area contributed by atoms with Gasteiger partial charge in [0.05, 0.1) is 18.9 Å². The van der Waals surface area contributed by atoms with Crippen molar-refractivity contribution in [3.63, 3.8) is 0 Å². The molecule has 1 amide bonds. The van der Waals surface area contributed by atoms with Gasteiger partial charge in [-0.3, -0.25) is 14.9 Å². The number of hydrogen-bond donors (Lipinski definition) is 2. The van der Waals surface area contributed by atoms with Crippen LogP contribution >= 0.6 is 11.6 Å². The molecule has 0 bridgehead atoms. The molecule has 1 aromatic heterocycles. The molecule has 1 heterocycles. The van der Waals surface area contributed by atoms with E-state index in [1.54, 1.807) is 13.8 Å². The number of amides is 1. The van der Waals surface area contributed by atoms with Gasteiger partial charge in [0.1, 0.15) is 5.15 Å². The van der Waals surface area contributed by atoms with Crippen LogP contribution in [0.15, 0.2) is 6.07 Å². The van der Waals surface area contributed by atoms with Gasteiger partial charge in [0.15, 0.2) is 0 Å². The number of carbonyl (C=O) groups excluding carboxylic acids is 1. The van der Waals surface area contributed by atoms with Gasteiger partial charge in [-0.1, -0.05) is 25.4 Å². The smallest absolute Gasteiger partial charge is 0.307 e. The predicted molar refractivity (Wildman–Crippen MR) is 70.6 cm³/mol. The van der Waals surface area contributed by atoms with Crippen LogP contribution in [0, 0.1) is 17.3 Å². The van der Waals surface area contributed by atoms with E-state index in [2.05, 4.69) is 15.3 Å². The van der Waals surface area contributed by atoms with Gasteiger partial charge in [-0.15, -0.1) is 0 Å². The number of methoxy groups -OCH3 is 1. The number of ether oxygens (including phenoxy) is 1. The van der Waals surface area contributed by atoms with Crippen LogP contribution in [-0.4, -0.2) is 34.1 Å². The van der Waals surface area contributed by atoms with E-state index in [1.807, 2.05) is 0 Å². The predicted octanol–water partition coefficient (Wildman–Crippen LogP) is 1.43. The maximum absolute atomic E-state index is 12.1. The van der Waals surface area contributed by atoms with Crippen molar-refractivity contribution >= 4 is 29.4 Å². The molecular weight excluding hydrogens is 286 g/mol. The molecule has 0 aliphatic heterocycles. The standard InChI is InChI=1S/C12H14ClN3O4/c1-12(2)7(8(12)10(18)19)9(17)16-11-14-5(13)4-6(15-11)20-3/h4,7-8H,1-3H3,(H,18,19)(H,14,15,16,17)/t7-,8+/m1/s1. The lowest BCUT2D eigenvalue weighted by molar-refractivity contribution is -0.140. The molecule has 7 nitrogen and oxygen atoms in total. The summed E-state index contributed by atoms with van der Waals surface area (Å²) in [6, 6.07) is 1.40. The van der Waals surface area contributed by atoms with Gasteiger partial charge in [-0.05, 0) is 5.41 Å². The number of halogens is 1. The number of carboxylic acid groups (broad SMARTS) is 1. The average molecular weight is 300 g/mol. The highest BCUT2D eigenvalue weighted by Gasteiger charge is 2.66. The molecule has 1 fully saturated rings. The molecule has 108 valence electrons. The second-order valence-electron chi connectivity index (χ2n) is 5.16. The van der Waals surface area contributed by atoms with Crippen LogP contribution in [0.4, 0.5) is 5.95 Å². The molecule has 2 N–H and O–H groups in total. The maximum atomic E-state index is 12.1. The Balaban J connectivity index is 2.13. The Morgan fingerprint density at radius 3 is 2.55 bits per heavy atom. The molecule has 0 aromatic carbocycles. The number of rotatable bonds is 4. The van der Waals surface area contributed by atoms with Crippen LogP contribution < -0.4 is 10.1 Å². The summed E-state index contributed by atoms with van der Waals surface area (Å²) in [5, 5.41) is 11.6. The first kappa shape index (κ1) is 14.5. The Labute approximate surface area is 120 Å². The zero-order valence-electron chi connectivity index (χ0n) is 11.2. The van der Waals surface area contributed by atoms with Crippen LogP contribution in [0.1, 0.15) is 13.8 Å². The quantitative estimate of drug-likeness (QED) is 0.816. The molecule has 0 unspecified atom stereocenters. The second kappa shape index (κ2) is 4.90. The van der Waals surface area contributed by atoms with Crippen LogP contribution in [0.2, 0.25) is 5.15 Å². The Morgan fingerprint density at radius 1 is 1.40 bits per heavy atom. The summed E-state index contributed by atoms with van der Waals surface area (Å²) < 4.78 is 4.91. The molecule has 0 radical (unpaired) electrons. The Hall–Kier alpha value is -1.89. The summed E-state index contributed by atoms with van der Waals surface area (Å²) in [7, 11) is 1.41. The van der Waals surface area contributed by atoms with Crippen molar-refractivity contribution in [2.75, 3.05) is 12.4 Å². The maximum Gasteiger partial charge on any atom is 0.307 e. The third kappa shape index (κ3) is 2.53. The number of aliphatic carboxylic acids is 1. The monoisotopic (exact) mass is 299 g/mol. The van der Waals surface area contributed by atoms with E-state index in [0.29, 0.717) is 0 Å². The first-order valence-electron chi connectivity index (χ1n) is 5.89. The van der Waals surface area contributed by atoms with Crippen LogP contribution in [0.3, 0.4) is 0 Å². The molecule has 20 heavy (non-hydrogen) atoms. The molecule has 1 aliphatic rings. The lowest BCUT2D eigenvalue weighted by Crippen LogP contribution is -2.19. The highest BCUT2D eigenvalue weighted by molar-refractivity contribution is 6.29. The molecular formula is C12H14ClN3O4. The van der Waals surface area contributed by atoms with Crippen molar-refractivity contribution < 1.29 is 19.4 Å². The zero-order valence-corrected chi connectivity index (χ0v) is 11.9. The zero-order chi connectivity index (χ0) is 15.1. The van der Waals surface area contributed by atoms with Crippen molar-refractivity contribution in [1.29, 1.82) is 0 Å². The minimum absolute atomic E-state index is 0.00816. The summed E-state index contributed by atoms with van der Waals surface area (Å²) in [6.45, 7) is 3.46. The molecule has 1 aliphatic carbocycles. The molecule has 2 rings (SSSR count). The third-order valence-electron chi connectivity index (χ3n) is 3.49. The van der Waals surface area contributed by atoms with Gasteiger partial charge in [0, 0.05) is 6.07 Å². The summed E-state index contributed by atoms with van der Waals surface area (Å²) >= 11 is 5.77. The van der Waals surface area contributed by atoms with E-state index in [9.17, 15) is 9.59 Å². The SMILES string of the molecule is COc1cc(Cl)nc(NC(=O)[C@H]2[C@@H](C(=O)O)C2(C)C)n1. The third-order valence-corrected chi connectivity index (χ3v) is 3.69. The molecule has 0 spiro atoms. The van der Waals surface area contributed by atoms with E-state index < -0.39 is 29.1 Å². The largest absolute Gasteiger partial charge is 0.481 e. The first-order valence-corrected chi connectivity index (χ1v) is 6.27. The number of carbonyl (C=O) groups is 2. The lowest BCUT2D eigenvalue weighted by atomic mass is 10.1. The highest BCUT2D eigenvalue weighted by atomic mass is 35.5. The number of carboxylic acids is 1. The van der Waals surface area contributed by atoms with Crippen molar-refractivity contribution in [2.24, 2.45) is 17.3 Å². The Morgan fingerprint density at radius 2 is 2.05 bits per heavy atom. The van der Waals surface area contributed by atoms with Gasteiger partial charge < -0.3 is 9.84 Å². The second-order valence-corrected chi connectivity index (χ2v) is 5.55. The van der Waals surface area contributed by atoms with Crippen molar-refractivity contribution in [1.82, 2.24) is 9.97 Å². The van der Waals surface area contributed by atoms with Crippen LogP contribution in [-0.2, 0) is 9.59 Å². The fraction of sp³-hybridized carbons (Fsp3) is 0.500. The molecule has 8 heteroatoms. The van der Waals surface area contributed by atoms with Gasteiger partial charge in [0.25, 0.3) is 0 Å². The van der Waals surface area contributed by atoms with Crippen LogP contribution in [0.25, 0.3) is 0 Å². The normalized spacial score (nSPS) is 23.0. The number of nitrogens with one attached hydrogen (secondary N) is 1. The summed E-state index contributed by atoms with van der Waals surface area (Å²) in [5.74, 6) is -2.54. The van der Waals surface area contributed by atoms with Gasteiger partial charge in [-0.25, -0.2) is 4.98 Å². The van der Waals surface area contributed by atoms with Crippen molar-refractivity contribution in [3.8, 4) is 5.88 Å². The average Bonchev–Trinajstić information content (AvgIpc) is 2.91. The highest BCUT2D eigenvalue weighted by Crippen LogP contribution is 2.58. The van der Waals surface area contributed by atoms with Crippen LogP contribution in [0.5, 0.6) is 5.88 Å². The fourth-order valence-electron chi connectivity index (χ4n) is 2.33. The number of aromatic nitrogens is 2. The van der Waals surface area contributed by atoms with Gasteiger partial charge >= 0.3 is 5.97 Å². The lowest BCUT2D eigenvalue weighted by Gasteiger charge is -2.06.